The van der Waals surface area contributed by atoms with Crippen molar-refractivity contribution in [2.45, 2.75) is 0 Å². The summed E-state index contributed by atoms with van der Waals surface area (Å²) in [5.41, 5.74) is 6.36. The summed E-state index contributed by atoms with van der Waals surface area (Å²) < 4.78 is 17.5. The second-order valence-electron chi connectivity index (χ2n) is 3.33. The molecular formula is C12H12ClFN2O2. The van der Waals surface area contributed by atoms with Crippen LogP contribution in [0.15, 0.2) is 35.0 Å². The number of ether oxygens (including phenoxy) is 1. The minimum absolute atomic E-state index is 0.0290. The molecule has 0 radical (unpaired) electrons. The lowest BCUT2D eigenvalue weighted by Gasteiger charge is -2.04. The van der Waals surface area contributed by atoms with Crippen molar-refractivity contribution in [2.24, 2.45) is 10.7 Å². The van der Waals surface area contributed by atoms with Gasteiger partial charge in [-0.05, 0) is 24.3 Å². The molecule has 1 aromatic rings. The lowest BCUT2D eigenvalue weighted by atomic mass is 10.1. The summed E-state index contributed by atoms with van der Waals surface area (Å²) in [6, 6.07) is 4.11. The quantitative estimate of drug-likeness (QED) is 0.518. The molecule has 0 saturated carbocycles. The van der Waals surface area contributed by atoms with Crippen molar-refractivity contribution in [3.05, 3.63) is 46.4 Å². The largest absolute Gasteiger partial charge is 0.464 e. The molecule has 96 valence electrons. The topological polar surface area (TPSA) is 64.7 Å². The molecule has 1 rings (SSSR count). The Morgan fingerprint density at radius 1 is 1.56 bits per heavy atom. The van der Waals surface area contributed by atoms with Gasteiger partial charge in [0, 0.05) is 12.6 Å². The van der Waals surface area contributed by atoms with Gasteiger partial charge in [0.25, 0.3) is 0 Å². The summed E-state index contributed by atoms with van der Waals surface area (Å²) in [6.45, 7) is 0. The number of nitrogens with zero attached hydrogens (tertiary/aromatic N) is 1. The number of halogens is 2. The van der Waals surface area contributed by atoms with Gasteiger partial charge in [-0.3, -0.25) is 4.99 Å². The van der Waals surface area contributed by atoms with Gasteiger partial charge in [0.05, 0.1) is 17.8 Å². The molecule has 0 fully saturated rings. The van der Waals surface area contributed by atoms with E-state index in [2.05, 4.69) is 9.73 Å². The van der Waals surface area contributed by atoms with Crippen LogP contribution in [0.4, 0.5) is 4.39 Å². The fourth-order valence-electron chi connectivity index (χ4n) is 1.26. The van der Waals surface area contributed by atoms with Crippen LogP contribution < -0.4 is 5.73 Å². The number of rotatable bonds is 3. The molecule has 0 heterocycles. The number of carbonyl (C=O) groups is 1. The van der Waals surface area contributed by atoms with Gasteiger partial charge in [-0.1, -0.05) is 11.6 Å². The predicted octanol–water partition coefficient (Wildman–Crippen LogP) is 1.91. The van der Waals surface area contributed by atoms with Crippen molar-refractivity contribution in [2.75, 3.05) is 14.2 Å². The number of benzene rings is 1. The molecule has 0 aliphatic carbocycles. The van der Waals surface area contributed by atoms with E-state index in [-0.39, 0.29) is 10.7 Å². The number of hydrogen-bond donors (Lipinski definition) is 1. The standard InChI is InChI=1S/C12H12ClFN2O2/c1-16-11(6-10(15)12(17)18-2)7-3-4-9(14)8(13)5-7/h3-6H,15H2,1-2H3. The van der Waals surface area contributed by atoms with Crippen LogP contribution in [0.25, 0.3) is 0 Å². The molecule has 0 unspecified atom stereocenters. The minimum Gasteiger partial charge on any atom is -0.464 e. The molecular weight excluding hydrogens is 259 g/mol. The van der Waals surface area contributed by atoms with Crippen LogP contribution in [-0.4, -0.2) is 25.8 Å². The summed E-state index contributed by atoms with van der Waals surface area (Å²) in [5.74, 6) is -1.19. The number of allylic oxidation sites excluding steroid dienone is 1. The summed E-state index contributed by atoms with van der Waals surface area (Å²) in [6.07, 6.45) is 1.34. The number of methoxy groups -OCH3 is 1. The van der Waals surface area contributed by atoms with Gasteiger partial charge in [0.2, 0.25) is 0 Å². The zero-order valence-corrected chi connectivity index (χ0v) is 10.7. The van der Waals surface area contributed by atoms with E-state index in [1.165, 1.54) is 38.4 Å². The van der Waals surface area contributed by atoms with E-state index in [0.29, 0.717) is 11.3 Å². The normalized spacial score (nSPS) is 12.4. The Kier molecular flexibility index (Phi) is 4.85. The van der Waals surface area contributed by atoms with Gasteiger partial charge >= 0.3 is 5.97 Å². The zero-order valence-electron chi connectivity index (χ0n) is 9.91. The highest BCUT2D eigenvalue weighted by Gasteiger charge is 2.09. The van der Waals surface area contributed by atoms with Crippen molar-refractivity contribution in [1.29, 1.82) is 0 Å². The second kappa shape index (κ2) is 6.16. The van der Waals surface area contributed by atoms with E-state index in [4.69, 9.17) is 17.3 Å². The maximum absolute atomic E-state index is 13.0. The highest BCUT2D eigenvalue weighted by molar-refractivity contribution is 6.31. The lowest BCUT2D eigenvalue weighted by Crippen LogP contribution is -2.15. The van der Waals surface area contributed by atoms with Crippen LogP contribution >= 0.6 is 11.6 Å². The highest BCUT2D eigenvalue weighted by Crippen LogP contribution is 2.17. The van der Waals surface area contributed by atoms with E-state index in [9.17, 15) is 9.18 Å². The molecule has 4 nitrogen and oxygen atoms in total. The van der Waals surface area contributed by atoms with Crippen molar-refractivity contribution < 1.29 is 13.9 Å². The Hall–Kier alpha value is -1.88. The first-order chi connectivity index (χ1) is 8.49. The van der Waals surface area contributed by atoms with E-state index < -0.39 is 11.8 Å². The van der Waals surface area contributed by atoms with Crippen LogP contribution in [0.1, 0.15) is 5.56 Å². The number of esters is 1. The molecule has 0 spiro atoms. The highest BCUT2D eigenvalue weighted by atomic mass is 35.5. The SMILES string of the molecule is CN=C(C=C(N)C(=O)OC)c1ccc(F)c(Cl)c1. The smallest absolute Gasteiger partial charge is 0.353 e. The molecule has 0 aliphatic rings. The van der Waals surface area contributed by atoms with E-state index in [0.717, 1.165) is 0 Å². The summed E-state index contributed by atoms with van der Waals surface area (Å²) in [4.78, 5) is 15.1. The molecule has 6 heteroatoms. The van der Waals surface area contributed by atoms with Crippen LogP contribution in [-0.2, 0) is 9.53 Å². The van der Waals surface area contributed by atoms with Gasteiger partial charge in [0.1, 0.15) is 11.5 Å². The molecule has 18 heavy (non-hydrogen) atoms. The fourth-order valence-corrected chi connectivity index (χ4v) is 1.44. The Balaban J connectivity index is 3.12. The molecule has 1 aromatic carbocycles. The summed E-state index contributed by atoms with van der Waals surface area (Å²) >= 11 is 5.67. The Morgan fingerprint density at radius 3 is 2.72 bits per heavy atom. The first kappa shape index (κ1) is 14.2. The number of nitrogens with two attached hydrogens (primary N) is 1. The third-order valence-corrected chi connectivity index (χ3v) is 2.46. The average molecular weight is 271 g/mol. The summed E-state index contributed by atoms with van der Waals surface area (Å²) in [7, 11) is 2.74. The number of carbonyl (C=O) groups excluding carboxylic acids is 1. The minimum atomic E-state index is -0.663. The average Bonchev–Trinajstić information content (AvgIpc) is 2.38. The Bertz CT molecular complexity index is 527. The number of hydrogen-bond acceptors (Lipinski definition) is 4. The number of aliphatic imine (C=N–C) groups is 1. The van der Waals surface area contributed by atoms with Crippen LogP contribution in [0.5, 0.6) is 0 Å². The summed E-state index contributed by atoms with van der Waals surface area (Å²) in [5, 5.41) is -0.0290. The predicted molar refractivity (Wildman–Crippen MR) is 68.2 cm³/mol. The van der Waals surface area contributed by atoms with Gasteiger partial charge < -0.3 is 10.5 Å². The molecule has 0 atom stereocenters. The van der Waals surface area contributed by atoms with Gasteiger partial charge in [-0.25, -0.2) is 9.18 Å². The van der Waals surface area contributed by atoms with Crippen molar-refractivity contribution in [1.82, 2.24) is 0 Å². The van der Waals surface area contributed by atoms with Gasteiger partial charge in [-0.2, -0.15) is 0 Å². The first-order valence-electron chi connectivity index (χ1n) is 4.97. The third kappa shape index (κ3) is 3.30. The zero-order chi connectivity index (χ0) is 13.7. The van der Waals surface area contributed by atoms with E-state index >= 15 is 0 Å². The third-order valence-electron chi connectivity index (χ3n) is 2.17. The molecule has 0 bridgehead atoms. The van der Waals surface area contributed by atoms with E-state index in [1.54, 1.807) is 0 Å². The van der Waals surface area contributed by atoms with Gasteiger partial charge in [0.15, 0.2) is 0 Å². The van der Waals surface area contributed by atoms with E-state index in [1.807, 2.05) is 0 Å². The second-order valence-corrected chi connectivity index (χ2v) is 3.74. The first-order valence-corrected chi connectivity index (χ1v) is 5.35. The van der Waals surface area contributed by atoms with Crippen LogP contribution in [0, 0.1) is 5.82 Å². The molecule has 0 saturated heterocycles. The van der Waals surface area contributed by atoms with Crippen LogP contribution in [0.2, 0.25) is 5.02 Å². The van der Waals surface area contributed by atoms with Crippen molar-refractivity contribution in [3.63, 3.8) is 0 Å². The lowest BCUT2D eigenvalue weighted by molar-refractivity contribution is -0.136. The van der Waals surface area contributed by atoms with Crippen molar-refractivity contribution in [3.8, 4) is 0 Å². The molecule has 0 aliphatic heterocycles. The Morgan fingerprint density at radius 2 is 2.22 bits per heavy atom. The molecule has 0 amide bonds. The fraction of sp³-hybridized carbons (Fsp3) is 0.167. The molecule has 2 N–H and O–H groups in total. The monoisotopic (exact) mass is 270 g/mol. The Labute approximate surface area is 109 Å². The maximum atomic E-state index is 13.0. The van der Waals surface area contributed by atoms with Crippen LogP contribution in [0.3, 0.4) is 0 Å². The van der Waals surface area contributed by atoms with Crippen molar-refractivity contribution >= 4 is 23.3 Å². The molecule has 0 aromatic heterocycles. The van der Waals surface area contributed by atoms with Gasteiger partial charge in [-0.15, -0.1) is 0 Å². The maximum Gasteiger partial charge on any atom is 0.353 e.